The summed E-state index contributed by atoms with van der Waals surface area (Å²) < 4.78 is 0. The van der Waals surface area contributed by atoms with Crippen molar-refractivity contribution in [1.82, 2.24) is 0 Å². The number of hydrogen-bond donors (Lipinski definition) is 0. The molecule has 0 heterocycles. The van der Waals surface area contributed by atoms with Crippen molar-refractivity contribution in [2.45, 2.75) is 77.0 Å². The van der Waals surface area contributed by atoms with Crippen LogP contribution in [0.2, 0.25) is 0 Å². The molecule has 0 aliphatic carbocycles. The number of benzene rings is 10. The molecule has 0 saturated carbocycles. The molecule has 0 N–H and O–H groups in total. The number of nitrogens with zero attached hydrogens (tertiary/aromatic N) is 2. The van der Waals surface area contributed by atoms with E-state index in [2.05, 4.69) is 320 Å². The monoisotopic (exact) mass is 935 g/mol. The maximum Gasteiger partial charge on any atom is 0.0541 e. The van der Waals surface area contributed by atoms with Crippen LogP contribution in [0.25, 0.3) is 10.8 Å². The Morgan fingerprint density at radius 3 is 0.583 bits per heavy atom. The minimum absolute atomic E-state index is 0.169. The average Bonchev–Trinajstić information content (AvgIpc) is 3.43. The Bertz CT molecular complexity index is 2970. The fourth-order valence-electron chi connectivity index (χ4n) is 10.7. The summed E-state index contributed by atoms with van der Waals surface area (Å²) >= 11 is 0. The van der Waals surface area contributed by atoms with Gasteiger partial charge in [-0.15, -0.1) is 0 Å². The number of fused-ring (bicyclic) bond motifs is 1. The Hall–Kier alpha value is -7.94. The lowest BCUT2D eigenvalue weighted by Crippen LogP contribution is -2.20. The van der Waals surface area contributed by atoms with Gasteiger partial charge in [0.25, 0.3) is 0 Å². The molecule has 2 heteroatoms. The molecule has 0 fully saturated rings. The molecule has 0 aromatic heterocycles. The Labute approximate surface area is 428 Å². The quantitative estimate of drug-likeness (QED) is 0.107. The van der Waals surface area contributed by atoms with Crippen molar-refractivity contribution in [3.05, 3.63) is 299 Å². The van der Waals surface area contributed by atoms with E-state index in [0.717, 1.165) is 44.9 Å². The highest BCUT2D eigenvalue weighted by molar-refractivity contribution is 6.07. The van der Waals surface area contributed by atoms with E-state index in [1.165, 1.54) is 44.5 Å². The molecule has 0 spiro atoms. The average molecular weight is 935 g/mol. The predicted molar refractivity (Wildman–Crippen MR) is 308 cm³/mol. The van der Waals surface area contributed by atoms with Crippen molar-refractivity contribution in [1.29, 1.82) is 0 Å². The fourth-order valence-corrected chi connectivity index (χ4v) is 10.7. The van der Waals surface area contributed by atoms with Crippen LogP contribution in [-0.4, -0.2) is 0 Å². The highest BCUT2D eigenvalue weighted by atomic mass is 15.2. The van der Waals surface area contributed by atoms with Crippen molar-refractivity contribution in [3.8, 4) is 0 Å². The lowest BCUT2D eigenvalue weighted by atomic mass is 9.78. The Morgan fingerprint density at radius 2 is 0.375 bits per heavy atom. The van der Waals surface area contributed by atoms with Crippen LogP contribution in [0.1, 0.15) is 99.9 Å². The molecule has 0 radical (unpaired) electrons. The van der Waals surface area contributed by atoms with Crippen LogP contribution in [0.15, 0.2) is 255 Å². The van der Waals surface area contributed by atoms with Gasteiger partial charge >= 0.3 is 0 Å². The van der Waals surface area contributed by atoms with Crippen LogP contribution in [0.3, 0.4) is 0 Å². The van der Waals surface area contributed by atoms with Crippen LogP contribution >= 0.6 is 0 Å². The van der Waals surface area contributed by atoms with Crippen LogP contribution in [0.4, 0.5) is 34.1 Å². The molecule has 356 valence electrons. The normalized spacial score (nSPS) is 12.2. The third-order valence-electron chi connectivity index (χ3n) is 15.7. The summed E-state index contributed by atoms with van der Waals surface area (Å²) in [4.78, 5) is 4.88. The lowest BCUT2D eigenvalue weighted by molar-refractivity contribution is 0.640. The van der Waals surface area contributed by atoms with Crippen LogP contribution < -0.4 is 9.80 Å². The van der Waals surface area contributed by atoms with Gasteiger partial charge in [-0.2, -0.15) is 0 Å². The van der Waals surface area contributed by atoms with Gasteiger partial charge in [0.2, 0.25) is 0 Å². The molecule has 0 saturated heterocycles. The zero-order valence-electron chi connectivity index (χ0n) is 43.1. The Balaban J connectivity index is 1.12. The SMILES string of the molecule is CC(C)(c1ccccc1)c1ccc(N(c2ccc(C(C)(C)c3ccccc3)cc2)c2ccc(N(c3ccc(C(C)(C)c4ccccc4)cc3)c3ccc(C(C)(C)c4ccccc4)cc3)c3ccccc23)cc1. The van der Waals surface area contributed by atoms with Crippen LogP contribution in [-0.2, 0) is 21.7 Å². The van der Waals surface area contributed by atoms with Crippen molar-refractivity contribution in [3.63, 3.8) is 0 Å². The summed E-state index contributed by atoms with van der Waals surface area (Å²) in [7, 11) is 0. The minimum atomic E-state index is -0.169. The molecule has 2 nitrogen and oxygen atoms in total. The van der Waals surface area contributed by atoms with Gasteiger partial charge in [-0.1, -0.05) is 250 Å². The van der Waals surface area contributed by atoms with Crippen molar-refractivity contribution < 1.29 is 0 Å². The molecule has 72 heavy (non-hydrogen) atoms. The first kappa shape index (κ1) is 47.7. The lowest BCUT2D eigenvalue weighted by Gasteiger charge is -2.33. The maximum atomic E-state index is 2.44. The second kappa shape index (κ2) is 19.3. The first-order valence-electron chi connectivity index (χ1n) is 25.5. The third kappa shape index (κ3) is 9.03. The molecular formula is C70H66N2. The van der Waals surface area contributed by atoms with E-state index in [1.807, 2.05) is 0 Å². The zero-order chi connectivity index (χ0) is 50.1. The highest BCUT2D eigenvalue weighted by Crippen LogP contribution is 2.47. The zero-order valence-corrected chi connectivity index (χ0v) is 43.1. The van der Waals surface area contributed by atoms with E-state index in [0.29, 0.717) is 0 Å². The molecule has 0 unspecified atom stereocenters. The maximum absolute atomic E-state index is 2.44. The van der Waals surface area contributed by atoms with E-state index in [4.69, 9.17) is 0 Å². The third-order valence-corrected chi connectivity index (χ3v) is 15.7. The van der Waals surface area contributed by atoms with Gasteiger partial charge in [-0.3, -0.25) is 0 Å². The van der Waals surface area contributed by atoms with Crippen molar-refractivity contribution in [2.75, 3.05) is 9.80 Å². The predicted octanol–water partition coefficient (Wildman–Crippen LogP) is 19.1. The van der Waals surface area contributed by atoms with Gasteiger partial charge in [0.15, 0.2) is 0 Å². The van der Waals surface area contributed by atoms with E-state index >= 15 is 0 Å². The van der Waals surface area contributed by atoms with Gasteiger partial charge in [0, 0.05) is 55.2 Å². The summed E-state index contributed by atoms with van der Waals surface area (Å²) in [5, 5.41) is 2.32. The molecule has 0 aliphatic rings. The number of hydrogen-bond acceptors (Lipinski definition) is 2. The first-order chi connectivity index (χ1) is 34.7. The minimum Gasteiger partial charge on any atom is -0.310 e. The summed E-state index contributed by atoms with van der Waals surface area (Å²) in [6.45, 7) is 18.5. The van der Waals surface area contributed by atoms with Crippen molar-refractivity contribution in [2.24, 2.45) is 0 Å². The molecule has 0 bridgehead atoms. The fraction of sp³-hybridized carbons (Fsp3) is 0.171. The number of anilines is 6. The van der Waals surface area contributed by atoms with Crippen molar-refractivity contribution >= 4 is 44.9 Å². The van der Waals surface area contributed by atoms with Crippen LogP contribution in [0.5, 0.6) is 0 Å². The molecule has 0 aliphatic heterocycles. The van der Waals surface area contributed by atoms with E-state index < -0.39 is 0 Å². The molecule has 0 amide bonds. The summed E-state index contributed by atoms with van der Waals surface area (Å²) in [6, 6.07) is 93.8. The van der Waals surface area contributed by atoms with E-state index in [1.54, 1.807) is 0 Å². The number of rotatable bonds is 14. The summed E-state index contributed by atoms with van der Waals surface area (Å²) in [5.74, 6) is 0. The Kier molecular flexibility index (Phi) is 12.8. The van der Waals surface area contributed by atoms with Crippen LogP contribution in [0, 0.1) is 0 Å². The first-order valence-corrected chi connectivity index (χ1v) is 25.5. The highest BCUT2D eigenvalue weighted by Gasteiger charge is 2.29. The van der Waals surface area contributed by atoms with Gasteiger partial charge in [-0.25, -0.2) is 0 Å². The molecule has 10 aromatic rings. The second-order valence-electron chi connectivity index (χ2n) is 21.5. The molecule has 10 aromatic carbocycles. The standard InChI is InChI=1S/C70H66N2/c1-67(2,51-23-13-9-14-24-51)55-33-41-59(42-34-55)71(60-43-35-56(36-44-60)68(3,4)52-25-15-10-16-26-52)65-49-50-66(64-32-22-21-31-63(64)65)72(61-45-37-57(38-46-61)69(5,6)53-27-17-11-18-28-53)62-47-39-58(40-48-62)70(7,8)54-29-19-12-20-30-54/h9-50H,1-8H3. The second-order valence-corrected chi connectivity index (χ2v) is 21.5. The van der Waals surface area contributed by atoms with E-state index in [9.17, 15) is 0 Å². The van der Waals surface area contributed by atoms with E-state index in [-0.39, 0.29) is 21.7 Å². The summed E-state index contributed by atoms with van der Waals surface area (Å²) in [6.07, 6.45) is 0. The molecular weight excluding hydrogens is 869 g/mol. The summed E-state index contributed by atoms with van der Waals surface area (Å²) in [5.41, 5.74) is 16.2. The van der Waals surface area contributed by atoms with Gasteiger partial charge in [0.05, 0.1) is 11.4 Å². The topological polar surface area (TPSA) is 6.48 Å². The smallest absolute Gasteiger partial charge is 0.0541 e. The van der Waals surface area contributed by atoms with Gasteiger partial charge in [0.1, 0.15) is 0 Å². The molecule has 0 atom stereocenters. The largest absolute Gasteiger partial charge is 0.310 e. The van der Waals surface area contributed by atoms with Gasteiger partial charge < -0.3 is 9.80 Å². The van der Waals surface area contributed by atoms with Gasteiger partial charge in [-0.05, 0) is 105 Å². The Morgan fingerprint density at radius 1 is 0.194 bits per heavy atom. The molecule has 10 rings (SSSR count).